The lowest BCUT2D eigenvalue weighted by Crippen LogP contribution is -2.33. The van der Waals surface area contributed by atoms with Gasteiger partial charge in [-0.05, 0) is 47.9 Å². The Balaban J connectivity index is 1.50. The summed E-state index contributed by atoms with van der Waals surface area (Å²) in [7, 11) is 1.62. The van der Waals surface area contributed by atoms with Crippen molar-refractivity contribution in [3.63, 3.8) is 0 Å². The smallest absolute Gasteiger partial charge is 0.238 e. The average Bonchev–Trinajstić information content (AvgIpc) is 3.15. The minimum absolute atomic E-state index is 0.00962. The number of fused-ring (bicyclic) bond motifs is 1. The van der Waals surface area contributed by atoms with Gasteiger partial charge < -0.3 is 10.1 Å². The van der Waals surface area contributed by atoms with E-state index in [0.717, 1.165) is 30.8 Å². The third kappa shape index (κ3) is 3.81. The van der Waals surface area contributed by atoms with Crippen molar-refractivity contribution in [2.24, 2.45) is 0 Å². The molecule has 1 amide bonds. The Labute approximate surface area is 159 Å². The number of carbonyl (C=O) groups excluding carboxylic acids is 1. The van der Waals surface area contributed by atoms with Gasteiger partial charge in [0.15, 0.2) is 0 Å². The second-order valence-corrected chi connectivity index (χ2v) is 6.98. The standard InChI is InChI=1S/C23H24N2O2/c1-27-19-10-5-9-18(15-19)24-23(26)16-25-14-6-13-22(25)21-12-4-8-17-7-2-3-11-20(17)21/h2-5,7-12,15,22H,6,13-14,16H2,1H3,(H,24,26). The lowest BCUT2D eigenvalue weighted by molar-refractivity contribution is -0.117. The number of anilines is 1. The molecule has 0 aromatic heterocycles. The number of nitrogens with zero attached hydrogens (tertiary/aromatic N) is 1. The Morgan fingerprint density at radius 3 is 2.81 bits per heavy atom. The molecule has 1 atom stereocenters. The fourth-order valence-electron chi connectivity index (χ4n) is 3.99. The zero-order chi connectivity index (χ0) is 18.6. The van der Waals surface area contributed by atoms with E-state index < -0.39 is 0 Å². The summed E-state index contributed by atoms with van der Waals surface area (Å²) in [6.07, 6.45) is 2.20. The maximum Gasteiger partial charge on any atom is 0.238 e. The molecule has 1 N–H and O–H groups in total. The lowest BCUT2D eigenvalue weighted by Gasteiger charge is -2.25. The number of benzene rings is 3. The SMILES string of the molecule is COc1cccc(NC(=O)CN2CCCC2c2cccc3ccccc23)c1. The molecule has 0 spiro atoms. The first-order valence-electron chi connectivity index (χ1n) is 9.40. The first-order valence-corrected chi connectivity index (χ1v) is 9.40. The highest BCUT2D eigenvalue weighted by Gasteiger charge is 2.28. The molecule has 1 aliphatic rings. The van der Waals surface area contributed by atoms with Crippen molar-refractivity contribution >= 4 is 22.4 Å². The highest BCUT2D eigenvalue weighted by atomic mass is 16.5. The van der Waals surface area contributed by atoms with E-state index in [1.54, 1.807) is 7.11 Å². The highest BCUT2D eigenvalue weighted by Crippen LogP contribution is 2.35. The normalized spacial score (nSPS) is 17.1. The van der Waals surface area contributed by atoms with E-state index in [1.807, 2.05) is 24.3 Å². The third-order valence-electron chi connectivity index (χ3n) is 5.25. The molecule has 4 rings (SSSR count). The van der Waals surface area contributed by atoms with Gasteiger partial charge in [-0.1, -0.05) is 48.5 Å². The molecule has 0 radical (unpaired) electrons. The average molecular weight is 360 g/mol. The van der Waals surface area contributed by atoms with Gasteiger partial charge in [-0.25, -0.2) is 0 Å². The third-order valence-corrected chi connectivity index (χ3v) is 5.25. The maximum atomic E-state index is 12.6. The van der Waals surface area contributed by atoms with Gasteiger partial charge in [0.25, 0.3) is 0 Å². The minimum atomic E-state index is 0.00962. The molecule has 1 unspecified atom stereocenters. The van der Waals surface area contributed by atoms with E-state index in [2.05, 4.69) is 52.7 Å². The minimum Gasteiger partial charge on any atom is -0.497 e. The predicted octanol–water partition coefficient (Wildman–Crippen LogP) is 4.62. The van der Waals surface area contributed by atoms with Crippen LogP contribution in [0.15, 0.2) is 66.7 Å². The van der Waals surface area contributed by atoms with Crippen LogP contribution in [0.3, 0.4) is 0 Å². The first-order chi connectivity index (χ1) is 13.2. The van der Waals surface area contributed by atoms with Crippen LogP contribution in [0, 0.1) is 0 Å². The fourth-order valence-corrected chi connectivity index (χ4v) is 3.99. The van der Waals surface area contributed by atoms with Gasteiger partial charge in [0.05, 0.1) is 13.7 Å². The summed E-state index contributed by atoms with van der Waals surface area (Å²) < 4.78 is 5.22. The second kappa shape index (κ2) is 7.80. The first kappa shape index (κ1) is 17.6. The Bertz CT molecular complexity index is 949. The number of hydrogen-bond donors (Lipinski definition) is 1. The van der Waals surface area contributed by atoms with E-state index in [4.69, 9.17) is 4.74 Å². The van der Waals surface area contributed by atoms with Crippen molar-refractivity contribution < 1.29 is 9.53 Å². The van der Waals surface area contributed by atoms with Crippen molar-refractivity contribution in [2.45, 2.75) is 18.9 Å². The number of hydrogen-bond acceptors (Lipinski definition) is 3. The molecule has 1 saturated heterocycles. The fraction of sp³-hybridized carbons (Fsp3) is 0.261. The molecule has 1 heterocycles. The summed E-state index contributed by atoms with van der Waals surface area (Å²) in [6.45, 7) is 1.34. The van der Waals surface area contributed by atoms with Gasteiger partial charge >= 0.3 is 0 Å². The van der Waals surface area contributed by atoms with Gasteiger partial charge in [-0.3, -0.25) is 9.69 Å². The van der Waals surface area contributed by atoms with Crippen molar-refractivity contribution in [3.8, 4) is 5.75 Å². The van der Waals surface area contributed by atoms with Crippen LogP contribution in [0.2, 0.25) is 0 Å². The molecule has 4 nitrogen and oxygen atoms in total. The van der Waals surface area contributed by atoms with Crippen molar-refractivity contribution in [1.29, 1.82) is 0 Å². The van der Waals surface area contributed by atoms with Crippen molar-refractivity contribution in [1.82, 2.24) is 4.90 Å². The molecule has 0 saturated carbocycles. The van der Waals surface area contributed by atoms with Gasteiger partial charge in [0.1, 0.15) is 5.75 Å². The summed E-state index contributed by atoms with van der Waals surface area (Å²) in [5.41, 5.74) is 2.08. The molecular formula is C23H24N2O2. The molecule has 27 heavy (non-hydrogen) atoms. The maximum absolute atomic E-state index is 12.6. The molecule has 4 heteroatoms. The largest absolute Gasteiger partial charge is 0.497 e. The van der Waals surface area contributed by atoms with Crippen LogP contribution in [0.5, 0.6) is 5.75 Å². The molecule has 1 aliphatic heterocycles. The summed E-state index contributed by atoms with van der Waals surface area (Å²) >= 11 is 0. The van der Waals surface area contributed by atoms with E-state index in [0.29, 0.717) is 6.54 Å². The molecular weight excluding hydrogens is 336 g/mol. The Kier molecular flexibility index (Phi) is 5.07. The number of methoxy groups -OCH3 is 1. The van der Waals surface area contributed by atoms with Crippen molar-refractivity contribution in [3.05, 3.63) is 72.3 Å². The predicted molar refractivity (Wildman–Crippen MR) is 109 cm³/mol. The van der Waals surface area contributed by atoms with Gasteiger partial charge in [0, 0.05) is 17.8 Å². The van der Waals surface area contributed by atoms with E-state index in [-0.39, 0.29) is 11.9 Å². The van der Waals surface area contributed by atoms with E-state index >= 15 is 0 Å². The Morgan fingerprint density at radius 2 is 1.93 bits per heavy atom. The van der Waals surface area contributed by atoms with E-state index in [1.165, 1.54) is 16.3 Å². The highest BCUT2D eigenvalue weighted by molar-refractivity contribution is 5.92. The van der Waals surface area contributed by atoms with Gasteiger partial charge in [0.2, 0.25) is 5.91 Å². The van der Waals surface area contributed by atoms with Crippen molar-refractivity contribution in [2.75, 3.05) is 25.5 Å². The molecule has 0 bridgehead atoms. The number of likely N-dealkylation sites (tertiary alicyclic amines) is 1. The van der Waals surface area contributed by atoms with Gasteiger partial charge in [-0.15, -0.1) is 0 Å². The van der Waals surface area contributed by atoms with Crippen LogP contribution in [0.4, 0.5) is 5.69 Å². The van der Waals surface area contributed by atoms with Crippen LogP contribution < -0.4 is 10.1 Å². The van der Waals surface area contributed by atoms with Gasteiger partial charge in [-0.2, -0.15) is 0 Å². The van der Waals surface area contributed by atoms with Crippen LogP contribution in [0.25, 0.3) is 10.8 Å². The monoisotopic (exact) mass is 360 g/mol. The van der Waals surface area contributed by atoms with Crippen LogP contribution in [0.1, 0.15) is 24.4 Å². The zero-order valence-electron chi connectivity index (χ0n) is 15.5. The number of rotatable bonds is 5. The molecule has 0 aliphatic carbocycles. The summed E-state index contributed by atoms with van der Waals surface area (Å²) in [6, 6.07) is 22.7. The summed E-state index contributed by atoms with van der Waals surface area (Å²) in [4.78, 5) is 14.9. The van der Waals surface area contributed by atoms with Crippen LogP contribution >= 0.6 is 0 Å². The number of ether oxygens (including phenoxy) is 1. The lowest BCUT2D eigenvalue weighted by atomic mass is 9.97. The number of carbonyl (C=O) groups is 1. The second-order valence-electron chi connectivity index (χ2n) is 6.98. The van der Waals surface area contributed by atoms with E-state index in [9.17, 15) is 4.79 Å². The summed E-state index contributed by atoms with van der Waals surface area (Å²) in [5, 5.41) is 5.53. The van der Waals surface area contributed by atoms with Crippen LogP contribution in [-0.2, 0) is 4.79 Å². The molecule has 3 aromatic rings. The Hall–Kier alpha value is -2.85. The van der Waals surface area contributed by atoms with Crippen LogP contribution in [-0.4, -0.2) is 31.0 Å². The quantitative estimate of drug-likeness (QED) is 0.722. The zero-order valence-corrected chi connectivity index (χ0v) is 15.5. The molecule has 138 valence electrons. The topological polar surface area (TPSA) is 41.6 Å². The summed E-state index contributed by atoms with van der Waals surface area (Å²) in [5.74, 6) is 0.748. The number of amides is 1. The molecule has 3 aromatic carbocycles. The Morgan fingerprint density at radius 1 is 1.11 bits per heavy atom. The molecule has 1 fully saturated rings. The number of nitrogens with one attached hydrogen (secondary N) is 1.